The topological polar surface area (TPSA) is 71.2 Å². The molecule has 0 unspecified atom stereocenters. The quantitative estimate of drug-likeness (QED) is 0.437. The number of benzene rings is 1. The van der Waals surface area contributed by atoms with Crippen LogP contribution in [0.2, 0.25) is 0 Å². The van der Waals surface area contributed by atoms with Gasteiger partial charge in [0.05, 0.1) is 6.61 Å². The van der Waals surface area contributed by atoms with Crippen LogP contribution in [-0.4, -0.2) is 10.1 Å². The van der Waals surface area contributed by atoms with Crippen LogP contribution in [0.15, 0.2) is 47.5 Å². The van der Waals surface area contributed by atoms with Gasteiger partial charge in [0.25, 0.3) is 0 Å². The normalized spacial score (nSPS) is 10.3. The Hall–Kier alpha value is -1.56. The molecule has 0 atom stereocenters. The number of aromatic nitrogens is 1. The largest absolute Gasteiger partial charge is 0.392 e. The van der Waals surface area contributed by atoms with Crippen LogP contribution in [0, 0.1) is 0 Å². The van der Waals surface area contributed by atoms with Gasteiger partial charge in [-0.15, -0.1) is 11.8 Å². The van der Waals surface area contributed by atoms with Crippen molar-refractivity contribution >= 4 is 17.6 Å². The lowest BCUT2D eigenvalue weighted by Crippen LogP contribution is -2.08. The molecule has 0 fully saturated rings. The Labute approximate surface area is 110 Å². The predicted octanol–water partition coefficient (Wildman–Crippen LogP) is 2.15. The van der Waals surface area contributed by atoms with Gasteiger partial charge in [0.2, 0.25) is 0 Å². The second-order valence-electron chi connectivity index (χ2n) is 3.78. The van der Waals surface area contributed by atoms with E-state index in [1.807, 2.05) is 36.4 Å². The molecule has 94 valence electrons. The van der Waals surface area contributed by atoms with E-state index < -0.39 is 0 Å². The first-order valence-corrected chi connectivity index (χ1v) is 6.54. The first kappa shape index (κ1) is 12.9. The third-order valence-corrected chi connectivity index (χ3v) is 3.57. The maximum Gasteiger partial charge on any atom is 0.140 e. The third kappa shape index (κ3) is 3.46. The highest BCUT2D eigenvalue weighted by Gasteiger charge is 1.99. The van der Waals surface area contributed by atoms with Crippen molar-refractivity contribution in [3.8, 4) is 0 Å². The van der Waals surface area contributed by atoms with Gasteiger partial charge < -0.3 is 10.5 Å². The van der Waals surface area contributed by atoms with Gasteiger partial charge in [-0.25, -0.2) is 10.8 Å². The van der Waals surface area contributed by atoms with E-state index in [9.17, 15) is 0 Å². The number of aliphatic hydroxyl groups is 1. The molecular formula is C13H15N3OS. The van der Waals surface area contributed by atoms with Gasteiger partial charge in [-0.2, -0.15) is 0 Å². The fourth-order valence-electron chi connectivity index (χ4n) is 1.50. The number of nitrogens with two attached hydrogens (primary N) is 1. The number of nitrogens with zero attached hydrogens (tertiary/aromatic N) is 1. The van der Waals surface area contributed by atoms with Crippen LogP contribution in [0.3, 0.4) is 0 Å². The van der Waals surface area contributed by atoms with Crippen molar-refractivity contribution < 1.29 is 5.11 Å². The number of rotatable bonds is 5. The molecule has 0 aliphatic heterocycles. The van der Waals surface area contributed by atoms with Crippen LogP contribution >= 0.6 is 11.8 Å². The van der Waals surface area contributed by atoms with Crippen molar-refractivity contribution in [3.05, 3.63) is 53.7 Å². The van der Waals surface area contributed by atoms with Gasteiger partial charge in [0.1, 0.15) is 5.82 Å². The van der Waals surface area contributed by atoms with E-state index in [4.69, 9.17) is 10.9 Å². The Balaban J connectivity index is 1.97. The van der Waals surface area contributed by atoms with Gasteiger partial charge in [0, 0.05) is 16.8 Å². The molecule has 0 aliphatic carbocycles. The average Bonchev–Trinajstić information content (AvgIpc) is 2.46. The van der Waals surface area contributed by atoms with Crippen LogP contribution in [0.4, 0.5) is 5.82 Å². The first-order valence-electron chi connectivity index (χ1n) is 5.56. The van der Waals surface area contributed by atoms with Crippen molar-refractivity contribution in [1.82, 2.24) is 4.98 Å². The van der Waals surface area contributed by atoms with Gasteiger partial charge in [-0.3, -0.25) is 0 Å². The molecule has 0 aliphatic rings. The number of hydrogen-bond acceptors (Lipinski definition) is 5. The standard InChI is InChI=1S/C13H15N3OS/c14-16-13-7-11(5-6-15-13)9-18-12-3-1-10(8-17)2-4-12/h1-7,17H,8-9,14H2,(H,15,16). The van der Waals surface area contributed by atoms with E-state index in [0.29, 0.717) is 5.82 Å². The van der Waals surface area contributed by atoms with Gasteiger partial charge in [0.15, 0.2) is 0 Å². The van der Waals surface area contributed by atoms with E-state index in [1.165, 1.54) is 4.90 Å². The van der Waals surface area contributed by atoms with Gasteiger partial charge in [-0.05, 0) is 35.4 Å². The summed E-state index contributed by atoms with van der Waals surface area (Å²) in [6, 6.07) is 11.8. The molecule has 1 aromatic carbocycles. The molecule has 1 heterocycles. The lowest BCUT2D eigenvalue weighted by Gasteiger charge is -2.05. The van der Waals surface area contributed by atoms with E-state index >= 15 is 0 Å². The molecule has 4 N–H and O–H groups in total. The van der Waals surface area contributed by atoms with E-state index in [0.717, 1.165) is 16.9 Å². The minimum atomic E-state index is 0.0842. The maximum atomic E-state index is 8.96. The van der Waals surface area contributed by atoms with Gasteiger partial charge >= 0.3 is 0 Å². The summed E-state index contributed by atoms with van der Waals surface area (Å²) >= 11 is 1.73. The van der Waals surface area contributed by atoms with Crippen LogP contribution in [0.1, 0.15) is 11.1 Å². The fraction of sp³-hybridized carbons (Fsp3) is 0.154. The van der Waals surface area contributed by atoms with Gasteiger partial charge in [-0.1, -0.05) is 12.1 Å². The summed E-state index contributed by atoms with van der Waals surface area (Å²) in [5, 5.41) is 8.96. The molecule has 0 bridgehead atoms. The van der Waals surface area contributed by atoms with Crippen molar-refractivity contribution in [2.45, 2.75) is 17.3 Å². The smallest absolute Gasteiger partial charge is 0.140 e. The highest BCUT2D eigenvalue weighted by molar-refractivity contribution is 7.98. The number of anilines is 1. The lowest BCUT2D eigenvalue weighted by atomic mass is 10.2. The Kier molecular flexibility index (Phi) is 4.58. The second kappa shape index (κ2) is 6.39. The number of nitrogens with one attached hydrogen (secondary N) is 1. The van der Waals surface area contributed by atoms with E-state index in [2.05, 4.69) is 10.4 Å². The molecule has 5 heteroatoms. The molecular weight excluding hydrogens is 246 g/mol. The molecule has 0 radical (unpaired) electrons. The molecule has 2 rings (SSSR count). The molecule has 0 saturated carbocycles. The average molecular weight is 261 g/mol. The highest BCUT2D eigenvalue weighted by Crippen LogP contribution is 2.23. The van der Waals surface area contributed by atoms with Crippen LogP contribution in [-0.2, 0) is 12.4 Å². The van der Waals surface area contributed by atoms with Crippen LogP contribution in [0.25, 0.3) is 0 Å². The summed E-state index contributed by atoms with van der Waals surface area (Å²) in [6.45, 7) is 0.0842. The van der Waals surface area contributed by atoms with Crippen molar-refractivity contribution in [2.24, 2.45) is 5.84 Å². The Morgan fingerprint density at radius 2 is 1.94 bits per heavy atom. The highest BCUT2D eigenvalue weighted by atomic mass is 32.2. The van der Waals surface area contributed by atoms with Crippen molar-refractivity contribution in [2.75, 3.05) is 5.43 Å². The predicted molar refractivity (Wildman–Crippen MR) is 74.0 cm³/mol. The number of hydrogen-bond donors (Lipinski definition) is 3. The minimum Gasteiger partial charge on any atom is -0.392 e. The number of thioether (sulfide) groups is 1. The summed E-state index contributed by atoms with van der Waals surface area (Å²) in [5.74, 6) is 6.84. The minimum absolute atomic E-state index is 0.0842. The summed E-state index contributed by atoms with van der Waals surface area (Å²) in [7, 11) is 0. The molecule has 1 aromatic heterocycles. The zero-order valence-electron chi connectivity index (χ0n) is 9.84. The molecule has 4 nitrogen and oxygen atoms in total. The summed E-state index contributed by atoms with van der Waals surface area (Å²) in [5.41, 5.74) is 4.62. The third-order valence-electron chi connectivity index (χ3n) is 2.48. The molecule has 2 aromatic rings. The fourth-order valence-corrected chi connectivity index (χ4v) is 2.34. The van der Waals surface area contributed by atoms with Crippen molar-refractivity contribution in [3.63, 3.8) is 0 Å². The van der Waals surface area contributed by atoms with E-state index in [1.54, 1.807) is 18.0 Å². The Morgan fingerprint density at radius 1 is 1.17 bits per heavy atom. The zero-order valence-corrected chi connectivity index (χ0v) is 10.7. The number of aliphatic hydroxyl groups excluding tert-OH is 1. The summed E-state index contributed by atoms with van der Waals surface area (Å²) in [4.78, 5) is 5.23. The van der Waals surface area contributed by atoms with E-state index in [-0.39, 0.29) is 6.61 Å². The molecule has 0 amide bonds. The second-order valence-corrected chi connectivity index (χ2v) is 4.83. The SMILES string of the molecule is NNc1cc(CSc2ccc(CO)cc2)ccn1. The molecule has 0 saturated heterocycles. The van der Waals surface area contributed by atoms with Crippen molar-refractivity contribution in [1.29, 1.82) is 0 Å². The number of pyridine rings is 1. The summed E-state index contributed by atoms with van der Waals surface area (Å²) in [6.07, 6.45) is 1.74. The van der Waals surface area contributed by atoms with Crippen LogP contribution < -0.4 is 11.3 Å². The molecule has 18 heavy (non-hydrogen) atoms. The monoisotopic (exact) mass is 261 g/mol. The molecule has 0 spiro atoms. The summed E-state index contributed by atoms with van der Waals surface area (Å²) < 4.78 is 0. The Bertz CT molecular complexity index is 502. The number of nitrogen functional groups attached to an aromatic ring is 1. The number of hydrazine groups is 1. The lowest BCUT2D eigenvalue weighted by molar-refractivity contribution is 0.282. The Morgan fingerprint density at radius 3 is 2.61 bits per heavy atom. The maximum absolute atomic E-state index is 8.96. The first-order chi connectivity index (χ1) is 8.81. The van der Waals surface area contributed by atoms with Crippen LogP contribution in [0.5, 0.6) is 0 Å². The zero-order chi connectivity index (χ0) is 12.8.